The van der Waals surface area contributed by atoms with E-state index in [0.29, 0.717) is 35.5 Å². The van der Waals surface area contributed by atoms with Crippen molar-refractivity contribution in [1.29, 1.82) is 0 Å². The van der Waals surface area contributed by atoms with Gasteiger partial charge in [0.25, 0.3) is 0 Å². The summed E-state index contributed by atoms with van der Waals surface area (Å²) >= 11 is 6.05. The summed E-state index contributed by atoms with van der Waals surface area (Å²) in [5.74, 6) is -0.215. The molecule has 1 saturated carbocycles. The summed E-state index contributed by atoms with van der Waals surface area (Å²) < 4.78 is 29.6. The van der Waals surface area contributed by atoms with Crippen molar-refractivity contribution in [3.63, 3.8) is 0 Å². The Morgan fingerprint density at radius 1 is 1.15 bits per heavy atom. The van der Waals surface area contributed by atoms with E-state index in [0.717, 1.165) is 12.8 Å². The molecule has 0 saturated heterocycles. The van der Waals surface area contributed by atoms with Crippen molar-refractivity contribution in [2.75, 3.05) is 13.7 Å². The molecule has 1 aliphatic rings. The number of ether oxygens (including phenoxy) is 3. The first-order chi connectivity index (χ1) is 15.9. The van der Waals surface area contributed by atoms with Gasteiger partial charge in [-0.15, -0.1) is 0 Å². The highest BCUT2D eigenvalue weighted by Gasteiger charge is 2.43. The molecule has 0 aliphatic heterocycles. The summed E-state index contributed by atoms with van der Waals surface area (Å²) in [6.07, 6.45) is 5.89. The van der Waals surface area contributed by atoms with Crippen LogP contribution in [-0.4, -0.2) is 31.1 Å². The van der Waals surface area contributed by atoms with Gasteiger partial charge in [-0.05, 0) is 55.7 Å². The van der Waals surface area contributed by atoms with Crippen molar-refractivity contribution in [2.24, 2.45) is 0 Å². The molecular weight excluding hydrogens is 449 g/mol. The fraction of sp³-hybridized carbons (Fsp3) is 0.360. The Morgan fingerprint density at radius 2 is 1.91 bits per heavy atom. The Hall–Kier alpha value is -3.06. The van der Waals surface area contributed by atoms with Gasteiger partial charge in [0.05, 0.1) is 18.7 Å². The van der Waals surface area contributed by atoms with Crippen molar-refractivity contribution in [1.82, 2.24) is 5.32 Å². The van der Waals surface area contributed by atoms with Crippen molar-refractivity contribution in [2.45, 2.75) is 44.8 Å². The second kappa shape index (κ2) is 11.2. The molecule has 1 N–H and O–H groups in total. The molecule has 8 heteroatoms. The lowest BCUT2D eigenvalue weighted by Gasteiger charge is -2.27. The topological polar surface area (TPSA) is 73.9 Å². The van der Waals surface area contributed by atoms with E-state index in [1.165, 1.54) is 25.3 Å². The van der Waals surface area contributed by atoms with Crippen LogP contribution in [0.3, 0.4) is 0 Å². The minimum Gasteiger partial charge on any atom is -0.493 e. The van der Waals surface area contributed by atoms with Crippen LogP contribution in [0, 0.1) is 5.82 Å². The normalized spacial score (nSPS) is 14.8. The van der Waals surface area contributed by atoms with E-state index >= 15 is 0 Å². The molecule has 1 amide bonds. The molecule has 0 radical (unpaired) electrons. The maximum absolute atomic E-state index is 13.2. The number of halogens is 2. The van der Waals surface area contributed by atoms with Crippen molar-refractivity contribution in [3.05, 3.63) is 64.4 Å². The average Bonchev–Trinajstić information content (AvgIpc) is 3.27. The van der Waals surface area contributed by atoms with Gasteiger partial charge in [-0.1, -0.05) is 36.6 Å². The predicted octanol–water partition coefficient (Wildman–Crippen LogP) is 5.07. The second-order valence-electron chi connectivity index (χ2n) is 7.77. The third-order valence-corrected chi connectivity index (χ3v) is 5.85. The predicted molar refractivity (Wildman–Crippen MR) is 124 cm³/mol. The molecule has 1 aliphatic carbocycles. The number of hydrogen-bond donors (Lipinski definition) is 1. The number of carbonyl (C=O) groups excluding carboxylic acids is 2. The van der Waals surface area contributed by atoms with Gasteiger partial charge in [0.15, 0.2) is 11.5 Å². The Morgan fingerprint density at radius 3 is 2.58 bits per heavy atom. The number of carbonyl (C=O) groups is 2. The highest BCUT2D eigenvalue weighted by atomic mass is 35.5. The fourth-order valence-electron chi connectivity index (χ4n) is 3.78. The maximum Gasteiger partial charge on any atom is 0.331 e. The SMILES string of the molecule is CCOC(=O)C1(NC(=O)C=Cc2ccc(OCc3ccc(F)cc3Cl)c(OC)c2)CCCC1. The smallest absolute Gasteiger partial charge is 0.331 e. The van der Waals surface area contributed by atoms with E-state index in [1.807, 2.05) is 0 Å². The van der Waals surface area contributed by atoms with Gasteiger partial charge in [0.2, 0.25) is 5.91 Å². The van der Waals surface area contributed by atoms with Gasteiger partial charge in [-0.25, -0.2) is 9.18 Å². The summed E-state index contributed by atoms with van der Waals surface area (Å²) in [6.45, 7) is 2.16. The fourth-order valence-corrected chi connectivity index (χ4v) is 4.00. The van der Waals surface area contributed by atoms with Crippen LogP contribution in [0.2, 0.25) is 5.02 Å². The van der Waals surface area contributed by atoms with Gasteiger partial charge >= 0.3 is 5.97 Å². The average molecular weight is 476 g/mol. The van der Waals surface area contributed by atoms with Crippen molar-refractivity contribution in [3.8, 4) is 11.5 Å². The van der Waals surface area contributed by atoms with Crippen LogP contribution in [0.1, 0.15) is 43.7 Å². The zero-order chi connectivity index (χ0) is 23.8. The summed E-state index contributed by atoms with van der Waals surface area (Å²) in [5.41, 5.74) is 0.406. The van der Waals surface area contributed by atoms with Gasteiger partial charge < -0.3 is 19.5 Å². The number of amides is 1. The Bertz CT molecular complexity index is 1030. The Labute approximate surface area is 197 Å². The highest BCUT2D eigenvalue weighted by molar-refractivity contribution is 6.31. The lowest BCUT2D eigenvalue weighted by molar-refractivity contribution is -0.152. The van der Waals surface area contributed by atoms with E-state index in [9.17, 15) is 14.0 Å². The number of nitrogens with one attached hydrogen (secondary N) is 1. The molecule has 2 aromatic rings. The summed E-state index contributed by atoms with van der Waals surface area (Å²) in [7, 11) is 1.51. The number of methoxy groups -OCH3 is 1. The van der Waals surface area contributed by atoms with Gasteiger partial charge in [0.1, 0.15) is 18.0 Å². The number of benzene rings is 2. The summed E-state index contributed by atoms with van der Waals surface area (Å²) in [6, 6.07) is 9.32. The third-order valence-electron chi connectivity index (χ3n) is 5.50. The molecule has 0 atom stereocenters. The second-order valence-corrected chi connectivity index (χ2v) is 8.17. The standard InChI is InChI=1S/C25H27ClFNO5/c1-3-32-24(30)25(12-4-5-13-25)28-23(29)11-7-17-6-10-21(22(14-17)31-2)33-16-18-8-9-19(27)15-20(18)26/h6-11,14-15H,3-5,12-13,16H2,1-2H3,(H,28,29). The molecule has 176 valence electrons. The van der Waals surface area contributed by atoms with Crippen molar-refractivity contribution >= 4 is 29.6 Å². The van der Waals surface area contributed by atoms with E-state index in [2.05, 4.69) is 5.32 Å². The first-order valence-corrected chi connectivity index (χ1v) is 11.2. The minimum absolute atomic E-state index is 0.142. The molecule has 6 nitrogen and oxygen atoms in total. The van der Waals surface area contributed by atoms with Crippen LogP contribution in [0.25, 0.3) is 6.08 Å². The van der Waals surface area contributed by atoms with Crippen molar-refractivity contribution < 1.29 is 28.2 Å². The van der Waals surface area contributed by atoms with Crippen LogP contribution in [0.5, 0.6) is 11.5 Å². The highest BCUT2D eigenvalue weighted by Crippen LogP contribution is 2.32. The molecule has 0 spiro atoms. The first-order valence-electron chi connectivity index (χ1n) is 10.8. The Kier molecular flexibility index (Phi) is 8.33. The van der Waals surface area contributed by atoms with E-state index in [4.69, 9.17) is 25.8 Å². The minimum atomic E-state index is -0.950. The summed E-state index contributed by atoms with van der Waals surface area (Å²) in [5, 5.41) is 3.12. The first kappa shape index (κ1) is 24.6. The zero-order valence-electron chi connectivity index (χ0n) is 18.7. The number of esters is 1. The monoisotopic (exact) mass is 475 g/mol. The molecule has 0 aromatic heterocycles. The third kappa shape index (κ3) is 6.26. The van der Waals surface area contributed by atoms with Gasteiger partial charge in [-0.2, -0.15) is 0 Å². The van der Waals surface area contributed by atoms with Crippen LogP contribution >= 0.6 is 11.6 Å². The molecule has 1 fully saturated rings. The van der Waals surface area contributed by atoms with Gasteiger partial charge in [-0.3, -0.25) is 4.79 Å². The molecule has 0 bridgehead atoms. The van der Waals surface area contributed by atoms with Crippen LogP contribution in [-0.2, 0) is 20.9 Å². The van der Waals surface area contributed by atoms with Gasteiger partial charge in [0, 0.05) is 11.6 Å². The molecule has 0 unspecified atom stereocenters. The van der Waals surface area contributed by atoms with E-state index in [-0.39, 0.29) is 30.1 Å². The molecule has 0 heterocycles. The van der Waals surface area contributed by atoms with Crippen LogP contribution < -0.4 is 14.8 Å². The Balaban J connectivity index is 1.66. The zero-order valence-corrected chi connectivity index (χ0v) is 19.4. The lowest BCUT2D eigenvalue weighted by Crippen LogP contribution is -2.52. The maximum atomic E-state index is 13.2. The number of rotatable bonds is 9. The van der Waals surface area contributed by atoms with Crippen LogP contribution in [0.4, 0.5) is 4.39 Å². The molecule has 2 aromatic carbocycles. The van der Waals surface area contributed by atoms with Crippen LogP contribution in [0.15, 0.2) is 42.5 Å². The molecule has 3 rings (SSSR count). The van der Waals surface area contributed by atoms with E-state index < -0.39 is 11.4 Å². The molecular formula is C25H27ClFNO5. The summed E-state index contributed by atoms with van der Waals surface area (Å²) in [4.78, 5) is 24.9. The molecule has 33 heavy (non-hydrogen) atoms. The van der Waals surface area contributed by atoms with E-state index in [1.54, 1.807) is 37.3 Å². The lowest BCUT2D eigenvalue weighted by atomic mass is 9.97. The number of hydrogen-bond acceptors (Lipinski definition) is 5. The quantitative estimate of drug-likeness (QED) is 0.405. The largest absolute Gasteiger partial charge is 0.493 e.